The highest BCUT2D eigenvalue weighted by atomic mass is 32.1. The number of H-pyrrole nitrogens is 1. The van der Waals surface area contributed by atoms with Gasteiger partial charge in [-0.1, -0.05) is 12.1 Å². The van der Waals surface area contributed by atoms with Crippen molar-refractivity contribution in [2.75, 3.05) is 5.32 Å². The Labute approximate surface area is 137 Å². The lowest BCUT2D eigenvalue weighted by Crippen LogP contribution is -2.30. The second kappa shape index (κ2) is 5.86. The van der Waals surface area contributed by atoms with Crippen LogP contribution in [0.2, 0.25) is 0 Å². The summed E-state index contributed by atoms with van der Waals surface area (Å²) in [5, 5.41) is 5.71. The van der Waals surface area contributed by atoms with Crippen LogP contribution >= 0.6 is 22.7 Å². The molecule has 3 aromatic rings. The van der Waals surface area contributed by atoms with E-state index in [1.54, 1.807) is 19.1 Å². The molecule has 0 bridgehead atoms. The minimum absolute atomic E-state index is 0.165. The van der Waals surface area contributed by atoms with E-state index in [1.165, 1.54) is 22.7 Å². The molecule has 0 saturated heterocycles. The molecule has 0 fully saturated rings. The van der Waals surface area contributed by atoms with Gasteiger partial charge in [-0.05, 0) is 35.4 Å². The topological polar surface area (TPSA) is 44.9 Å². The van der Waals surface area contributed by atoms with Gasteiger partial charge in [-0.3, -0.25) is 4.79 Å². The zero-order valence-electron chi connectivity index (χ0n) is 11.8. The number of carbonyl (C=O) groups excluding carboxylic acids is 1. The highest BCUT2D eigenvalue weighted by Crippen LogP contribution is 2.40. The number of thiophene rings is 2. The molecule has 0 aliphatic carbocycles. The van der Waals surface area contributed by atoms with Gasteiger partial charge in [0.1, 0.15) is 0 Å². The molecule has 2 N–H and O–H groups in total. The number of hydrogen-bond donors (Lipinski definition) is 2. The van der Waals surface area contributed by atoms with Crippen molar-refractivity contribution in [1.82, 2.24) is 4.98 Å². The van der Waals surface area contributed by atoms with Gasteiger partial charge in [0.15, 0.2) is 0 Å². The van der Waals surface area contributed by atoms with Crippen LogP contribution < -0.4 is 5.32 Å². The number of aromatic amines is 1. The molecular formula is C15H11F3N2OS2. The molecule has 0 unspecified atom stereocenters. The highest BCUT2D eigenvalue weighted by Gasteiger charge is 2.39. The van der Waals surface area contributed by atoms with E-state index >= 15 is 0 Å². The van der Waals surface area contributed by atoms with Gasteiger partial charge in [-0.25, -0.2) is 0 Å². The van der Waals surface area contributed by atoms with E-state index in [0.29, 0.717) is 17.0 Å². The van der Waals surface area contributed by atoms with Gasteiger partial charge in [0, 0.05) is 0 Å². The number of rotatable bonds is 3. The van der Waals surface area contributed by atoms with Crippen LogP contribution in [0, 0.1) is 6.92 Å². The summed E-state index contributed by atoms with van der Waals surface area (Å²) in [6.45, 7) is 1.69. The monoisotopic (exact) mass is 356 g/mol. The maximum Gasteiger partial charge on any atom is 0.471 e. The molecule has 0 aliphatic heterocycles. The molecule has 0 spiro atoms. The molecule has 1 amide bonds. The first-order valence-corrected chi connectivity index (χ1v) is 8.32. The van der Waals surface area contributed by atoms with Gasteiger partial charge in [0.2, 0.25) is 0 Å². The van der Waals surface area contributed by atoms with Crippen molar-refractivity contribution in [2.24, 2.45) is 0 Å². The Kier molecular flexibility index (Phi) is 4.03. The first-order chi connectivity index (χ1) is 10.9. The van der Waals surface area contributed by atoms with Crippen molar-refractivity contribution < 1.29 is 18.0 Å². The van der Waals surface area contributed by atoms with Gasteiger partial charge < -0.3 is 10.3 Å². The van der Waals surface area contributed by atoms with Gasteiger partial charge in [-0.2, -0.15) is 13.2 Å². The van der Waals surface area contributed by atoms with E-state index < -0.39 is 12.1 Å². The average molecular weight is 356 g/mol. The number of carbonyl (C=O) groups is 1. The molecule has 3 rings (SSSR count). The zero-order valence-corrected chi connectivity index (χ0v) is 13.5. The van der Waals surface area contributed by atoms with E-state index in [-0.39, 0.29) is 5.69 Å². The summed E-state index contributed by atoms with van der Waals surface area (Å²) in [5.74, 6) is -1.98. The van der Waals surface area contributed by atoms with E-state index in [9.17, 15) is 18.0 Å². The molecule has 8 heteroatoms. The first-order valence-electron chi connectivity index (χ1n) is 6.56. The summed E-state index contributed by atoms with van der Waals surface area (Å²) >= 11 is 2.85. The number of hydrogen-bond acceptors (Lipinski definition) is 3. The predicted molar refractivity (Wildman–Crippen MR) is 86.8 cm³/mol. The smallest absolute Gasteiger partial charge is 0.351 e. The van der Waals surface area contributed by atoms with Crippen molar-refractivity contribution >= 4 is 34.3 Å². The molecule has 120 valence electrons. The van der Waals surface area contributed by atoms with Crippen LogP contribution in [0.1, 0.15) is 5.56 Å². The van der Waals surface area contributed by atoms with Gasteiger partial charge >= 0.3 is 12.1 Å². The van der Waals surface area contributed by atoms with Crippen molar-refractivity contribution in [3.63, 3.8) is 0 Å². The molecule has 0 atom stereocenters. The number of amides is 1. The summed E-state index contributed by atoms with van der Waals surface area (Å²) in [7, 11) is 0. The predicted octanol–water partition coefficient (Wildman–Crippen LogP) is 5.28. The molecule has 0 aliphatic rings. The van der Waals surface area contributed by atoms with Crippen LogP contribution in [0.4, 0.5) is 18.9 Å². The number of halogens is 3. The maximum atomic E-state index is 12.6. The van der Waals surface area contributed by atoms with E-state index in [2.05, 4.69) is 4.98 Å². The Bertz CT molecular complexity index is 818. The Balaban J connectivity index is 2.11. The fourth-order valence-electron chi connectivity index (χ4n) is 2.21. The number of alkyl halides is 3. The zero-order chi connectivity index (χ0) is 16.6. The second-order valence-corrected chi connectivity index (χ2v) is 6.68. The Morgan fingerprint density at radius 3 is 2.13 bits per heavy atom. The molecule has 3 aromatic heterocycles. The Morgan fingerprint density at radius 1 is 1.09 bits per heavy atom. The minimum Gasteiger partial charge on any atom is -0.351 e. The van der Waals surface area contributed by atoms with Crippen molar-refractivity contribution in [3.8, 4) is 21.1 Å². The lowest BCUT2D eigenvalue weighted by molar-refractivity contribution is -0.167. The molecule has 0 saturated carbocycles. The SMILES string of the molecule is Cc1c(-c2cccs2)[nH]c(-c2cccs2)c1NC(=O)C(F)(F)F. The highest BCUT2D eigenvalue weighted by molar-refractivity contribution is 7.14. The lowest BCUT2D eigenvalue weighted by Gasteiger charge is -2.09. The number of anilines is 1. The summed E-state index contributed by atoms with van der Waals surface area (Å²) in [6.07, 6.45) is -4.93. The van der Waals surface area contributed by atoms with Gasteiger partial charge in [-0.15, -0.1) is 22.7 Å². The third-order valence-corrected chi connectivity index (χ3v) is 5.06. The van der Waals surface area contributed by atoms with Crippen LogP contribution in [0.5, 0.6) is 0 Å². The molecule has 3 nitrogen and oxygen atoms in total. The van der Waals surface area contributed by atoms with Crippen LogP contribution in [-0.4, -0.2) is 17.1 Å². The van der Waals surface area contributed by atoms with Crippen LogP contribution in [0.3, 0.4) is 0 Å². The molecule has 0 radical (unpaired) electrons. The standard InChI is InChI=1S/C15H11F3N2OS2/c1-8-11(9-4-2-6-22-9)19-13(10-5-3-7-23-10)12(8)20-14(21)15(16,17)18/h2-7,19H,1H3,(H,20,21). The fourth-order valence-corrected chi connectivity index (χ4v) is 3.72. The van der Waals surface area contributed by atoms with E-state index in [4.69, 9.17) is 0 Å². The summed E-state index contributed by atoms with van der Waals surface area (Å²) in [6, 6.07) is 7.32. The maximum absolute atomic E-state index is 12.6. The van der Waals surface area contributed by atoms with E-state index in [1.807, 2.05) is 28.2 Å². The Hall–Kier alpha value is -2.06. The fraction of sp³-hybridized carbons (Fsp3) is 0.133. The average Bonchev–Trinajstić information content (AvgIpc) is 3.19. The van der Waals surface area contributed by atoms with Crippen molar-refractivity contribution in [1.29, 1.82) is 0 Å². The lowest BCUT2D eigenvalue weighted by atomic mass is 10.2. The third-order valence-electron chi connectivity index (χ3n) is 3.28. The molecular weight excluding hydrogens is 345 g/mol. The normalized spacial score (nSPS) is 11.7. The molecule has 0 aromatic carbocycles. The van der Waals surface area contributed by atoms with Crippen molar-refractivity contribution in [3.05, 3.63) is 40.6 Å². The van der Waals surface area contributed by atoms with Crippen LogP contribution in [0.25, 0.3) is 21.1 Å². The number of nitrogens with one attached hydrogen (secondary N) is 2. The first kappa shape index (κ1) is 15.8. The van der Waals surface area contributed by atoms with Crippen molar-refractivity contribution in [2.45, 2.75) is 13.1 Å². The molecule has 23 heavy (non-hydrogen) atoms. The summed E-state index contributed by atoms with van der Waals surface area (Å²) in [5.41, 5.74) is 1.94. The summed E-state index contributed by atoms with van der Waals surface area (Å²) < 4.78 is 37.8. The van der Waals surface area contributed by atoms with Gasteiger partial charge in [0.25, 0.3) is 0 Å². The minimum atomic E-state index is -4.93. The van der Waals surface area contributed by atoms with E-state index in [0.717, 1.165) is 9.75 Å². The Morgan fingerprint density at radius 2 is 1.65 bits per heavy atom. The molecule has 3 heterocycles. The van der Waals surface area contributed by atoms with Crippen LogP contribution in [0.15, 0.2) is 35.0 Å². The third kappa shape index (κ3) is 3.04. The number of aromatic nitrogens is 1. The van der Waals surface area contributed by atoms with Crippen LogP contribution in [-0.2, 0) is 4.79 Å². The second-order valence-electron chi connectivity index (χ2n) is 4.78. The summed E-state index contributed by atoms with van der Waals surface area (Å²) in [4.78, 5) is 16.2. The quantitative estimate of drug-likeness (QED) is 0.659. The largest absolute Gasteiger partial charge is 0.471 e. The van der Waals surface area contributed by atoms with Gasteiger partial charge in [0.05, 0.1) is 26.8 Å².